The Hall–Kier alpha value is -0.870. The molecule has 2 unspecified atom stereocenters. The standard InChI is InChI=1S/C9H16O4/c1-6(2)9(11)13-7(3)5-12-8(4)10/h7-8,10H,1,5H2,2-4H3. The summed E-state index contributed by atoms with van der Waals surface area (Å²) in [4.78, 5) is 11.0. The molecule has 0 aromatic rings. The molecule has 0 saturated carbocycles. The van der Waals surface area contributed by atoms with E-state index in [4.69, 9.17) is 14.6 Å². The Bertz CT molecular complexity index is 186. The molecule has 0 aromatic heterocycles. The van der Waals surface area contributed by atoms with Gasteiger partial charge in [0.15, 0.2) is 6.29 Å². The highest BCUT2D eigenvalue weighted by Crippen LogP contribution is 1.99. The van der Waals surface area contributed by atoms with E-state index in [1.54, 1.807) is 13.8 Å². The quantitative estimate of drug-likeness (QED) is 0.395. The SMILES string of the molecule is C=C(C)C(=O)OC(C)COC(C)O. The summed E-state index contributed by atoms with van der Waals surface area (Å²) in [6, 6.07) is 0. The fourth-order valence-corrected chi connectivity index (χ4v) is 0.592. The van der Waals surface area contributed by atoms with E-state index in [2.05, 4.69) is 6.58 Å². The van der Waals surface area contributed by atoms with Gasteiger partial charge in [0.2, 0.25) is 0 Å². The minimum Gasteiger partial charge on any atom is -0.457 e. The normalized spacial score (nSPS) is 14.8. The maximum atomic E-state index is 11.0. The third-order valence-electron chi connectivity index (χ3n) is 1.23. The number of aliphatic hydroxyl groups excluding tert-OH is 1. The highest BCUT2D eigenvalue weighted by molar-refractivity contribution is 5.87. The van der Waals surface area contributed by atoms with Crippen LogP contribution in [0.2, 0.25) is 0 Å². The number of hydrogen-bond donors (Lipinski definition) is 1. The number of carbonyl (C=O) groups is 1. The van der Waals surface area contributed by atoms with Crippen molar-refractivity contribution in [3.8, 4) is 0 Å². The van der Waals surface area contributed by atoms with Crippen molar-refractivity contribution in [3.63, 3.8) is 0 Å². The van der Waals surface area contributed by atoms with Crippen molar-refractivity contribution >= 4 is 5.97 Å². The van der Waals surface area contributed by atoms with Crippen LogP contribution >= 0.6 is 0 Å². The Morgan fingerprint density at radius 3 is 2.46 bits per heavy atom. The van der Waals surface area contributed by atoms with Crippen LogP contribution in [0, 0.1) is 0 Å². The van der Waals surface area contributed by atoms with Crippen LogP contribution in [0.25, 0.3) is 0 Å². The lowest BCUT2D eigenvalue weighted by molar-refractivity contribution is -0.154. The topological polar surface area (TPSA) is 55.8 Å². The molecule has 0 rings (SSSR count). The average molecular weight is 188 g/mol. The number of esters is 1. The van der Waals surface area contributed by atoms with Gasteiger partial charge in [0, 0.05) is 5.57 Å². The summed E-state index contributed by atoms with van der Waals surface area (Å²) < 4.78 is 9.72. The molecule has 76 valence electrons. The Kier molecular flexibility index (Phi) is 5.34. The van der Waals surface area contributed by atoms with Gasteiger partial charge in [-0.3, -0.25) is 0 Å². The van der Waals surface area contributed by atoms with Crippen LogP contribution in [0.1, 0.15) is 20.8 Å². The van der Waals surface area contributed by atoms with Crippen molar-refractivity contribution in [2.45, 2.75) is 33.2 Å². The van der Waals surface area contributed by atoms with Gasteiger partial charge < -0.3 is 14.6 Å². The van der Waals surface area contributed by atoms with Gasteiger partial charge in [-0.05, 0) is 20.8 Å². The van der Waals surface area contributed by atoms with Gasteiger partial charge in [-0.15, -0.1) is 0 Å². The van der Waals surface area contributed by atoms with E-state index in [0.717, 1.165) is 0 Å². The van der Waals surface area contributed by atoms with Gasteiger partial charge in [0.05, 0.1) is 6.61 Å². The predicted octanol–water partition coefficient (Wildman–Crippen LogP) is 0.849. The molecule has 0 aromatic carbocycles. The van der Waals surface area contributed by atoms with E-state index in [1.165, 1.54) is 6.92 Å². The zero-order valence-corrected chi connectivity index (χ0v) is 8.24. The summed E-state index contributed by atoms with van der Waals surface area (Å²) in [5.41, 5.74) is 0.351. The Morgan fingerprint density at radius 2 is 2.08 bits per heavy atom. The third-order valence-corrected chi connectivity index (χ3v) is 1.23. The second-order valence-electron chi connectivity index (χ2n) is 2.93. The van der Waals surface area contributed by atoms with Gasteiger partial charge in [-0.1, -0.05) is 6.58 Å². The fraction of sp³-hybridized carbons (Fsp3) is 0.667. The van der Waals surface area contributed by atoms with Crippen LogP contribution in [-0.2, 0) is 14.3 Å². The molecule has 0 aliphatic heterocycles. The van der Waals surface area contributed by atoms with E-state index in [0.29, 0.717) is 5.57 Å². The molecule has 0 amide bonds. The average Bonchev–Trinajstić information content (AvgIpc) is 2.00. The summed E-state index contributed by atoms with van der Waals surface area (Å²) in [7, 11) is 0. The predicted molar refractivity (Wildman–Crippen MR) is 48.0 cm³/mol. The lowest BCUT2D eigenvalue weighted by Gasteiger charge is -2.14. The van der Waals surface area contributed by atoms with Gasteiger partial charge in [-0.25, -0.2) is 4.79 Å². The molecule has 13 heavy (non-hydrogen) atoms. The molecule has 0 heterocycles. The van der Waals surface area contributed by atoms with Crippen LogP contribution in [-0.4, -0.2) is 30.1 Å². The van der Waals surface area contributed by atoms with Crippen LogP contribution in [0.15, 0.2) is 12.2 Å². The molecule has 2 atom stereocenters. The molecule has 0 aliphatic rings. The molecule has 1 N–H and O–H groups in total. The molecular formula is C9H16O4. The molecule has 0 saturated heterocycles. The zero-order valence-electron chi connectivity index (χ0n) is 8.24. The lowest BCUT2D eigenvalue weighted by atomic mass is 10.3. The van der Waals surface area contributed by atoms with E-state index in [9.17, 15) is 4.79 Å². The maximum absolute atomic E-state index is 11.0. The summed E-state index contributed by atoms with van der Waals surface area (Å²) >= 11 is 0. The first kappa shape index (κ1) is 12.1. The summed E-state index contributed by atoms with van der Waals surface area (Å²) in [5.74, 6) is -0.443. The molecular weight excluding hydrogens is 172 g/mol. The van der Waals surface area contributed by atoms with Gasteiger partial charge >= 0.3 is 5.97 Å². The fourth-order valence-electron chi connectivity index (χ4n) is 0.592. The van der Waals surface area contributed by atoms with Crippen LogP contribution < -0.4 is 0 Å². The van der Waals surface area contributed by atoms with Crippen molar-refractivity contribution < 1.29 is 19.4 Å². The number of rotatable bonds is 5. The summed E-state index contributed by atoms with van der Waals surface area (Å²) in [5, 5.41) is 8.76. The van der Waals surface area contributed by atoms with E-state index in [1.807, 2.05) is 0 Å². The summed E-state index contributed by atoms with van der Waals surface area (Å²) in [6.45, 7) is 8.37. The van der Waals surface area contributed by atoms with Crippen LogP contribution in [0.3, 0.4) is 0 Å². The number of aliphatic hydroxyl groups is 1. The third kappa shape index (κ3) is 6.31. The zero-order chi connectivity index (χ0) is 10.4. The Balaban J connectivity index is 3.68. The highest BCUT2D eigenvalue weighted by atomic mass is 16.6. The monoisotopic (exact) mass is 188 g/mol. The van der Waals surface area contributed by atoms with Gasteiger partial charge in [0.25, 0.3) is 0 Å². The van der Waals surface area contributed by atoms with Crippen LogP contribution in [0.5, 0.6) is 0 Å². The molecule has 0 bridgehead atoms. The van der Waals surface area contributed by atoms with E-state index in [-0.39, 0.29) is 12.7 Å². The van der Waals surface area contributed by atoms with Crippen molar-refractivity contribution in [1.82, 2.24) is 0 Å². The van der Waals surface area contributed by atoms with Crippen LogP contribution in [0.4, 0.5) is 0 Å². The molecule has 0 radical (unpaired) electrons. The second kappa shape index (κ2) is 5.72. The molecule has 4 heteroatoms. The highest BCUT2D eigenvalue weighted by Gasteiger charge is 2.10. The minimum absolute atomic E-state index is 0.177. The van der Waals surface area contributed by atoms with Crippen molar-refractivity contribution in [2.75, 3.05) is 6.61 Å². The smallest absolute Gasteiger partial charge is 0.333 e. The Morgan fingerprint density at radius 1 is 1.54 bits per heavy atom. The van der Waals surface area contributed by atoms with E-state index < -0.39 is 12.3 Å². The molecule has 4 nitrogen and oxygen atoms in total. The van der Waals surface area contributed by atoms with Crippen molar-refractivity contribution in [1.29, 1.82) is 0 Å². The molecule has 0 spiro atoms. The number of carbonyl (C=O) groups excluding carboxylic acids is 1. The summed E-state index contributed by atoms with van der Waals surface area (Å²) in [6.07, 6.45) is -1.22. The maximum Gasteiger partial charge on any atom is 0.333 e. The Labute approximate surface area is 78.2 Å². The van der Waals surface area contributed by atoms with Crippen molar-refractivity contribution in [2.24, 2.45) is 0 Å². The van der Waals surface area contributed by atoms with Gasteiger partial charge in [0.1, 0.15) is 6.10 Å². The molecule has 0 fully saturated rings. The minimum atomic E-state index is -0.842. The first-order valence-corrected chi connectivity index (χ1v) is 4.09. The lowest BCUT2D eigenvalue weighted by Crippen LogP contribution is -2.23. The first-order chi connectivity index (χ1) is 5.93. The first-order valence-electron chi connectivity index (χ1n) is 4.09. The number of ether oxygens (including phenoxy) is 2. The second-order valence-corrected chi connectivity index (χ2v) is 2.93. The van der Waals surface area contributed by atoms with E-state index >= 15 is 0 Å². The number of hydrogen-bond acceptors (Lipinski definition) is 4. The largest absolute Gasteiger partial charge is 0.457 e. The van der Waals surface area contributed by atoms with Gasteiger partial charge in [-0.2, -0.15) is 0 Å². The molecule has 0 aliphatic carbocycles. The van der Waals surface area contributed by atoms with Crippen molar-refractivity contribution in [3.05, 3.63) is 12.2 Å².